The number of likely N-dealkylation sites (N-methyl/N-ethyl adjacent to an activating group) is 1. The predicted molar refractivity (Wildman–Crippen MR) is 109 cm³/mol. The van der Waals surface area contributed by atoms with Crippen LogP contribution >= 0.6 is 0 Å². The van der Waals surface area contributed by atoms with E-state index >= 15 is 0 Å². The summed E-state index contributed by atoms with van der Waals surface area (Å²) < 4.78 is 15.4. The maximum Gasteiger partial charge on any atom is 0.253 e. The zero-order chi connectivity index (χ0) is 20.2. The Kier molecular flexibility index (Phi) is 6.82. The van der Waals surface area contributed by atoms with E-state index in [2.05, 4.69) is 30.7 Å². The highest BCUT2D eigenvalue weighted by molar-refractivity contribution is 5.95. The number of benzene rings is 1. The van der Waals surface area contributed by atoms with Gasteiger partial charge in [-0.05, 0) is 51.2 Å². The zero-order valence-corrected chi connectivity index (χ0v) is 17.4. The Hall–Kier alpha value is -2.14. The average Bonchev–Trinajstić information content (AvgIpc) is 2.91. The van der Waals surface area contributed by atoms with Crippen LogP contribution in [-0.4, -0.2) is 42.6 Å². The molecule has 1 amide bonds. The molecule has 1 heterocycles. The van der Waals surface area contributed by atoms with Crippen LogP contribution in [0.3, 0.4) is 0 Å². The Morgan fingerprint density at radius 3 is 2.37 bits per heavy atom. The van der Waals surface area contributed by atoms with Crippen molar-refractivity contribution < 1.29 is 9.18 Å². The van der Waals surface area contributed by atoms with Crippen LogP contribution in [0.4, 0.5) is 4.39 Å². The third-order valence-electron chi connectivity index (χ3n) is 4.76. The molecule has 0 radical (unpaired) electrons. The Morgan fingerprint density at radius 2 is 1.81 bits per heavy atom. The SMILES string of the molecule is Cc1c(C(=O)NCCN(C)C)cc(C(C)(C)C)n1CCc1ccc(F)cc1. The summed E-state index contributed by atoms with van der Waals surface area (Å²) in [6.07, 6.45) is 0.792. The third-order valence-corrected chi connectivity index (χ3v) is 4.76. The van der Waals surface area contributed by atoms with Gasteiger partial charge in [-0.25, -0.2) is 4.39 Å². The molecule has 1 aromatic heterocycles. The van der Waals surface area contributed by atoms with Crippen LogP contribution < -0.4 is 5.32 Å². The third kappa shape index (κ3) is 5.67. The second kappa shape index (κ2) is 8.70. The number of carbonyl (C=O) groups is 1. The van der Waals surface area contributed by atoms with Gasteiger partial charge in [0.1, 0.15) is 5.82 Å². The molecule has 0 fully saturated rings. The van der Waals surface area contributed by atoms with E-state index < -0.39 is 0 Å². The second-order valence-corrected chi connectivity index (χ2v) is 8.37. The van der Waals surface area contributed by atoms with Crippen LogP contribution in [0.2, 0.25) is 0 Å². The van der Waals surface area contributed by atoms with E-state index in [1.165, 1.54) is 12.1 Å². The van der Waals surface area contributed by atoms with Gasteiger partial charge in [0.2, 0.25) is 0 Å². The lowest BCUT2D eigenvalue weighted by atomic mass is 9.91. The van der Waals surface area contributed by atoms with Crippen LogP contribution in [0.1, 0.15) is 48.1 Å². The van der Waals surface area contributed by atoms with Crippen LogP contribution in [0, 0.1) is 12.7 Å². The van der Waals surface area contributed by atoms with Crippen molar-refractivity contribution in [2.45, 2.75) is 46.1 Å². The molecular formula is C22H32FN3O. The van der Waals surface area contributed by atoms with E-state index in [0.29, 0.717) is 6.54 Å². The minimum Gasteiger partial charge on any atom is -0.351 e. The number of rotatable bonds is 7. The number of hydrogen-bond acceptors (Lipinski definition) is 2. The minimum absolute atomic E-state index is 0.0274. The van der Waals surface area contributed by atoms with Crippen molar-refractivity contribution in [1.82, 2.24) is 14.8 Å². The summed E-state index contributed by atoms with van der Waals surface area (Å²) in [5.74, 6) is -0.247. The van der Waals surface area contributed by atoms with Gasteiger partial charge in [0.25, 0.3) is 5.91 Å². The van der Waals surface area contributed by atoms with Crippen molar-refractivity contribution in [1.29, 1.82) is 0 Å². The summed E-state index contributed by atoms with van der Waals surface area (Å²) in [4.78, 5) is 14.7. The van der Waals surface area contributed by atoms with E-state index in [9.17, 15) is 9.18 Å². The molecule has 0 atom stereocenters. The number of amides is 1. The molecule has 27 heavy (non-hydrogen) atoms. The predicted octanol–water partition coefficient (Wildman–Crippen LogP) is 3.77. The Bertz CT molecular complexity index is 770. The maximum atomic E-state index is 13.1. The molecular weight excluding hydrogens is 341 g/mol. The summed E-state index contributed by atoms with van der Waals surface area (Å²) in [5, 5.41) is 3.01. The number of aromatic nitrogens is 1. The molecule has 4 nitrogen and oxygen atoms in total. The van der Waals surface area contributed by atoms with Crippen molar-refractivity contribution in [3.8, 4) is 0 Å². The Balaban J connectivity index is 2.22. The molecule has 148 valence electrons. The highest BCUT2D eigenvalue weighted by Gasteiger charge is 2.24. The normalized spacial score (nSPS) is 11.9. The number of nitrogens with zero attached hydrogens (tertiary/aromatic N) is 2. The van der Waals surface area contributed by atoms with Gasteiger partial charge in [-0.15, -0.1) is 0 Å². The Labute approximate surface area is 162 Å². The molecule has 1 aromatic carbocycles. The van der Waals surface area contributed by atoms with Gasteiger partial charge in [0.05, 0.1) is 5.56 Å². The molecule has 0 aliphatic carbocycles. The summed E-state index contributed by atoms with van der Waals surface area (Å²) in [7, 11) is 3.97. The summed E-state index contributed by atoms with van der Waals surface area (Å²) in [6.45, 7) is 10.7. The largest absolute Gasteiger partial charge is 0.351 e. The molecule has 0 saturated carbocycles. The first-order chi connectivity index (χ1) is 12.6. The first kappa shape index (κ1) is 21.2. The van der Waals surface area contributed by atoms with Crippen LogP contribution in [-0.2, 0) is 18.4 Å². The van der Waals surface area contributed by atoms with Gasteiger partial charge in [-0.1, -0.05) is 32.9 Å². The van der Waals surface area contributed by atoms with Gasteiger partial charge in [-0.3, -0.25) is 4.79 Å². The fraction of sp³-hybridized carbons (Fsp3) is 0.500. The molecule has 0 aliphatic rings. The lowest BCUT2D eigenvalue weighted by molar-refractivity contribution is 0.0950. The van der Waals surface area contributed by atoms with Crippen LogP contribution in [0.15, 0.2) is 30.3 Å². The monoisotopic (exact) mass is 373 g/mol. The summed E-state index contributed by atoms with van der Waals surface area (Å²) in [6, 6.07) is 8.64. The van der Waals surface area contributed by atoms with E-state index in [-0.39, 0.29) is 17.1 Å². The standard InChI is InChI=1S/C22H32FN3O/c1-16-19(21(27)24-12-14-25(5)6)15-20(22(2,3)4)26(16)13-11-17-7-9-18(23)10-8-17/h7-10,15H,11-14H2,1-6H3,(H,24,27). The Morgan fingerprint density at radius 1 is 1.19 bits per heavy atom. The van der Waals surface area contributed by atoms with E-state index in [0.717, 1.165) is 42.0 Å². The first-order valence-corrected chi connectivity index (χ1v) is 9.47. The first-order valence-electron chi connectivity index (χ1n) is 9.47. The summed E-state index contributed by atoms with van der Waals surface area (Å²) >= 11 is 0. The lowest BCUT2D eigenvalue weighted by Crippen LogP contribution is -2.31. The van der Waals surface area contributed by atoms with Crippen molar-refractivity contribution in [2.75, 3.05) is 27.2 Å². The molecule has 0 aliphatic heterocycles. The van der Waals surface area contributed by atoms with E-state index in [1.807, 2.05) is 44.1 Å². The highest BCUT2D eigenvalue weighted by Crippen LogP contribution is 2.28. The maximum absolute atomic E-state index is 13.1. The van der Waals surface area contributed by atoms with Gasteiger partial charge < -0.3 is 14.8 Å². The fourth-order valence-corrected chi connectivity index (χ4v) is 3.16. The van der Waals surface area contributed by atoms with Crippen molar-refractivity contribution in [3.63, 3.8) is 0 Å². The number of halogens is 1. The van der Waals surface area contributed by atoms with E-state index in [1.54, 1.807) is 0 Å². The number of nitrogens with one attached hydrogen (secondary N) is 1. The quantitative estimate of drug-likeness (QED) is 0.802. The second-order valence-electron chi connectivity index (χ2n) is 8.37. The molecule has 0 saturated heterocycles. The van der Waals surface area contributed by atoms with E-state index in [4.69, 9.17) is 0 Å². The molecule has 0 unspecified atom stereocenters. The van der Waals surface area contributed by atoms with Crippen molar-refractivity contribution >= 4 is 5.91 Å². The van der Waals surface area contributed by atoms with Gasteiger partial charge in [-0.2, -0.15) is 0 Å². The zero-order valence-electron chi connectivity index (χ0n) is 17.4. The van der Waals surface area contributed by atoms with Crippen molar-refractivity contribution in [3.05, 3.63) is 58.7 Å². The highest BCUT2D eigenvalue weighted by atomic mass is 19.1. The molecule has 0 spiro atoms. The molecule has 0 bridgehead atoms. The number of aryl methyl sites for hydroxylation is 1. The topological polar surface area (TPSA) is 37.3 Å². The molecule has 2 aromatic rings. The van der Waals surface area contributed by atoms with Gasteiger partial charge in [0, 0.05) is 36.4 Å². The number of carbonyl (C=O) groups excluding carboxylic acids is 1. The van der Waals surface area contributed by atoms with Crippen LogP contribution in [0.5, 0.6) is 0 Å². The fourth-order valence-electron chi connectivity index (χ4n) is 3.16. The molecule has 5 heteroatoms. The van der Waals surface area contributed by atoms with Crippen molar-refractivity contribution in [2.24, 2.45) is 0 Å². The molecule has 2 rings (SSSR count). The summed E-state index contributed by atoms with van der Waals surface area (Å²) in [5.41, 5.74) is 3.86. The average molecular weight is 374 g/mol. The van der Waals surface area contributed by atoms with Gasteiger partial charge in [0.15, 0.2) is 0 Å². The molecule has 1 N–H and O–H groups in total. The minimum atomic E-state index is -0.219. The number of hydrogen-bond donors (Lipinski definition) is 1. The lowest BCUT2D eigenvalue weighted by Gasteiger charge is -2.22. The van der Waals surface area contributed by atoms with Crippen LogP contribution in [0.25, 0.3) is 0 Å². The van der Waals surface area contributed by atoms with Gasteiger partial charge >= 0.3 is 0 Å². The smallest absolute Gasteiger partial charge is 0.253 e.